The minimum Gasteiger partial charge on any atom is -0.339 e. The number of nitrogens with zero attached hydrogens (tertiary/aromatic N) is 1. The second-order valence-corrected chi connectivity index (χ2v) is 10.8. The highest BCUT2D eigenvalue weighted by atomic mass is 16.2. The van der Waals surface area contributed by atoms with Crippen molar-refractivity contribution in [2.45, 2.75) is 136 Å². The van der Waals surface area contributed by atoms with Crippen molar-refractivity contribution in [3.05, 3.63) is 0 Å². The smallest absolute Gasteiger partial charge is 0.233 e. The molecule has 1 saturated heterocycles. The third kappa shape index (κ3) is 14.6. The Bertz CT molecular complexity index is 650. The van der Waals surface area contributed by atoms with Gasteiger partial charge in [-0.2, -0.15) is 0 Å². The molecule has 7 nitrogen and oxygen atoms in total. The Morgan fingerprint density at radius 2 is 1.19 bits per heavy atom. The average molecular weight is 508 g/mol. The molecule has 1 unspecified atom stereocenters. The van der Waals surface area contributed by atoms with Gasteiger partial charge in [-0.3, -0.25) is 24.1 Å². The van der Waals surface area contributed by atoms with Gasteiger partial charge in [0.15, 0.2) is 0 Å². The molecule has 4 amide bonds. The maximum atomic E-state index is 12.3. The Morgan fingerprint density at radius 1 is 0.750 bits per heavy atom. The predicted octanol–water partition coefficient (Wildman–Crippen LogP) is 5.86. The fourth-order valence-corrected chi connectivity index (χ4v) is 4.75. The Balaban J connectivity index is 1.91. The second kappa shape index (κ2) is 20.2. The van der Waals surface area contributed by atoms with Gasteiger partial charge in [0, 0.05) is 31.7 Å². The molecule has 0 aromatic rings. The lowest BCUT2D eigenvalue weighted by molar-refractivity contribution is -0.140. The van der Waals surface area contributed by atoms with E-state index < -0.39 is 0 Å². The van der Waals surface area contributed by atoms with Gasteiger partial charge in [0.25, 0.3) is 0 Å². The summed E-state index contributed by atoms with van der Waals surface area (Å²) in [6, 6.07) is 0. The maximum absolute atomic E-state index is 12.3. The summed E-state index contributed by atoms with van der Waals surface area (Å²) >= 11 is 0. The predicted molar refractivity (Wildman–Crippen MR) is 145 cm³/mol. The summed E-state index contributed by atoms with van der Waals surface area (Å²) in [5, 5.41) is 5.35. The molecule has 0 radical (unpaired) electrons. The molecule has 0 bridgehead atoms. The van der Waals surface area contributed by atoms with E-state index in [1.165, 1.54) is 88.4 Å². The topological polar surface area (TPSA) is 95.6 Å². The molecule has 0 spiro atoms. The van der Waals surface area contributed by atoms with Crippen molar-refractivity contribution in [1.29, 1.82) is 0 Å². The van der Waals surface area contributed by atoms with Crippen LogP contribution < -0.4 is 10.6 Å². The molecule has 1 fully saturated rings. The fourth-order valence-electron chi connectivity index (χ4n) is 4.75. The van der Waals surface area contributed by atoms with E-state index in [0.717, 1.165) is 12.8 Å². The number of imide groups is 1. The van der Waals surface area contributed by atoms with Crippen LogP contribution in [-0.2, 0) is 19.2 Å². The number of hydrogen-bond donors (Lipinski definition) is 2. The van der Waals surface area contributed by atoms with Gasteiger partial charge in [-0.05, 0) is 12.3 Å². The Labute approximate surface area is 219 Å². The number of hydrogen-bond acceptors (Lipinski definition) is 4. The Kier molecular flexibility index (Phi) is 18.0. The van der Waals surface area contributed by atoms with Crippen molar-refractivity contribution < 1.29 is 19.2 Å². The zero-order valence-corrected chi connectivity index (χ0v) is 23.4. The molecule has 1 rings (SSSR count). The SMILES string of the molecule is CCCCCCCCCCCCCCCCCC(=O)NCNC(=O)CCN1C(=O)CC(C(C)C)C1=O. The summed E-state index contributed by atoms with van der Waals surface area (Å²) in [6.45, 7) is 6.29. The van der Waals surface area contributed by atoms with E-state index in [2.05, 4.69) is 17.6 Å². The number of likely N-dealkylation sites (tertiary alicyclic amines) is 1. The van der Waals surface area contributed by atoms with Gasteiger partial charge in [0.05, 0.1) is 6.67 Å². The quantitative estimate of drug-likeness (QED) is 0.109. The zero-order chi connectivity index (χ0) is 26.6. The maximum Gasteiger partial charge on any atom is 0.233 e. The highest BCUT2D eigenvalue weighted by molar-refractivity contribution is 6.03. The molecule has 36 heavy (non-hydrogen) atoms. The van der Waals surface area contributed by atoms with Gasteiger partial charge in [-0.15, -0.1) is 0 Å². The first kappa shape index (κ1) is 32.1. The molecule has 0 aromatic heterocycles. The highest BCUT2D eigenvalue weighted by Gasteiger charge is 2.39. The number of unbranched alkanes of at least 4 members (excludes halogenated alkanes) is 14. The van der Waals surface area contributed by atoms with Gasteiger partial charge in [0.2, 0.25) is 23.6 Å². The standard InChI is InChI=1S/C29H53N3O4/c1-4-5-6-7-8-9-10-11-12-13-14-15-16-17-18-19-26(33)30-23-31-27(34)20-21-32-28(35)22-25(24(2)3)29(32)36/h24-25H,4-23H2,1-3H3,(H,30,33)(H,31,34). The van der Waals surface area contributed by atoms with E-state index >= 15 is 0 Å². The number of carbonyl (C=O) groups excluding carboxylic acids is 4. The van der Waals surface area contributed by atoms with Crippen LogP contribution in [0.3, 0.4) is 0 Å². The normalized spacial score (nSPS) is 15.7. The van der Waals surface area contributed by atoms with Crippen LogP contribution in [-0.4, -0.2) is 41.7 Å². The molecule has 0 aromatic carbocycles. The van der Waals surface area contributed by atoms with Crippen LogP contribution in [0, 0.1) is 11.8 Å². The first-order valence-corrected chi connectivity index (χ1v) is 14.7. The summed E-state index contributed by atoms with van der Waals surface area (Å²) in [5.74, 6) is -0.895. The number of carbonyl (C=O) groups is 4. The fraction of sp³-hybridized carbons (Fsp3) is 0.862. The molecule has 0 saturated carbocycles. The van der Waals surface area contributed by atoms with Crippen molar-refractivity contribution in [2.24, 2.45) is 11.8 Å². The summed E-state index contributed by atoms with van der Waals surface area (Å²) < 4.78 is 0. The van der Waals surface area contributed by atoms with Gasteiger partial charge < -0.3 is 10.6 Å². The van der Waals surface area contributed by atoms with Crippen molar-refractivity contribution in [3.63, 3.8) is 0 Å². The third-order valence-corrected chi connectivity index (χ3v) is 7.22. The second-order valence-electron chi connectivity index (χ2n) is 10.8. The van der Waals surface area contributed by atoms with Crippen molar-refractivity contribution >= 4 is 23.6 Å². The zero-order valence-electron chi connectivity index (χ0n) is 23.4. The third-order valence-electron chi connectivity index (χ3n) is 7.22. The molecule has 208 valence electrons. The molecule has 1 heterocycles. The number of amides is 4. The summed E-state index contributed by atoms with van der Waals surface area (Å²) in [7, 11) is 0. The number of rotatable bonds is 22. The lowest BCUT2D eigenvalue weighted by Crippen LogP contribution is -2.39. The minimum atomic E-state index is -0.282. The lowest BCUT2D eigenvalue weighted by atomic mass is 9.94. The first-order chi connectivity index (χ1) is 17.4. The van der Waals surface area contributed by atoms with E-state index in [1.54, 1.807) is 0 Å². The van der Waals surface area contributed by atoms with Gasteiger partial charge in [0.1, 0.15) is 0 Å². The van der Waals surface area contributed by atoms with Crippen LogP contribution >= 0.6 is 0 Å². The van der Waals surface area contributed by atoms with Crippen molar-refractivity contribution in [1.82, 2.24) is 15.5 Å². The van der Waals surface area contributed by atoms with Crippen LogP contribution in [0.2, 0.25) is 0 Å². The van der Waals surface area contributed by atoms with E-state index in [-0.39, 0.29) is 61.5 Å². The van der Waals surface area contributed by atoms with Crippen LogP contribution in [0.25, 0.3) is 0 Å². The highest BCUT2D eigenvalue weighted by Crippen LogP contribution is 2.26. The Morgan fingerprint density at radius 3 is 1.64 bits per heavy atom. The van der Waals surface area contributed by atoms with Gasteiger partial charge >= 0.3 is 0 Å². The van der Waals surface area contributed by atoms with Crippen LogP contribution in [0.1, 0.15) is 136 Å². The lowest BCUT2D eigenvalue weighted by Gasteiger charge is -2.16. The summed E-state index contributed by atoms with van der Waals surface area (Å²) in [5.41, 5.74) is 0. The molecule has 1 aliphatic heterocycles. The van der Waals surface area contributed by atoms with Crippen LogP contribution in [0.4, 0.5) is 0 Å². The molecule has 7 heteroatoms. The van der Waals surface area contributed by atoms with Crippen molar-refractivity contribution in [3.8, 4) is 0 Å². The monoisotopic (exact) mass is 507 g/mol. The van der Waals surface area contributed by atoms with E-state index in [4.69, 9.17) is 0 Å². The molecule has 1 atom stereocenters. The summed E-state index contributed by atoms with van der Waals surface area (Å²) in [4.78, 5) is 49.4. The molecular formula is C29H53N3O4. The van der Waals surface area contributed by atoms with Gasteiger partial charge in [-0.25, -0.2) is 0 Å². The van der Waals surface area contributed by atoms with Gasteiger partial charge in [-0.1, -0.05) is 111 Å². The number of nitrogens with one attached hydrogen (secondary N) is 2. The largest absolute Gasteiger partial charge is 0.339 e. The molecular weight excluding hydrogens is 454 g/mol. The first-order valence-electron chi connectivity index (χ1n) is 14.7. The summed E-state index contributed by atoms with van der Waals surface area (Å²) in [6.07, 6.45) is 20.2. The van der Waals surface area contributed by atoms with Crippen LogP contribution in [0.5, 0.6) is 0 Å². The van der Waals surface area contributed by atoms with E-state index in [0.29, 0.717) is 6.42 Å². The van der Waals surface area contributed by atoms with E-state index in [1.807, 2.05) is 13.8 Å². The molecule has 1 aliphatic rings. The van der Waals surface area contributed by atoms with Crippen molar-refractivity contribution in [2.75, 3.05) is 13.2 Å². The molecule has 0 aliphatic carbocycles. The van der Waals surface area contributed by atoms with Crippen LogP contribution in [0.15, 0.2) is 0 Å². The minimum absolute atomic E-state index is 0.0528. The Hall–Kier alpha value is -1.92. The average Bonchev–Trinajstić information content (AvgIpc) is 3.13. The molecule has 2 N–H and O–H groups in total. The van der Waals surface area contributed by atoms with E-state index in [9.17, 15) is 19.2 Å².